The molecule has 1 aliphatic rings. The Labute approximate surface area is 142 Å². The first-order valence-corrected chi connectivity index (χ1v) is 8.60. The van der Waals surface area contributed by atoms with Crippen LogP contribution in [0.4, 0.5) is 10.1 Å². The van der Waals surface area contributed by atoms with Gasteiger partial charge < -0.3 is 10.2 Å². The molecule has 0 atom stereocenters. The number of benzene rings is 1. The Kier molecular flexibility index (Phi) is 6.73. The number of likely N-dealkylation sites (tertiary alicyclic amines) is 1. The van der Waals surface area contributed by atoms with Crippen molar-refractivity contribution in [3.8, 4) is 0 Å². The lowest BCUT2D eigenvalue weighted by atomic mass is 9.95. The van der Waals surface area contributed by atoms with Gasteiger partial charge in [0.1, 0.15) is 5.82 Å². The number of piperidine rings is 1. The summed E-state index contributed by atoms with van der Waals surface area (Å²) >= 11 is 0. The molecule has 0 aliphatic carbocycles. The number of carbonyl (C=O) groups excluding carboxylic acids is 2. The Balaban J connectivity index is 1.79. The second-order valence-corrected chi connectivity index (χ2v) is 6.09. The number of amides is 2. The summed E-state index contributed by atoms with van der Waals surface area (Å²) in [6.07, 6.45) is 1.53. The summed E-state index contributed by atoms with van der Waals surface area (Å²) in [7, 11) is 0. The summed E-state index contributed by atoms with van der Waals surface area (Å²) in [6.45, 7) is 7.10. The molecule has 1 N–H and O–H groups in total. The fourth-order valence-corrected chi connectivity index (χ4v) is 3.09. The predicted molar refractivity (Wildman–Crippen MR) is 92.1 cm³/mol. The lowest BCUT2D eigenvalue weighted by Crippen LogP contribution is -2.44. The van der Waals surface area contributed by atoms with Crippen LogP contribution in [0.25, 0.3) is 0 Å². The maximum absolute atomic E-state index is 13.5. The van der Waals surface area contributed by atoms with Gasteiger partial charge in [0.05, 0.1) is 12.2 Å². The molecular weight excluding hydrogens is 309 g/mol. The van der Waals surface area contributed by atoms with E-state index >= 15 is 0 Å². The standard InChI is InChI=1S/C18H26FN3O2/c1-3-22(4-2)18(24)14-9-11-21(12-10-14)13-17(23)20-16-8-6-5-7-15(16)19/h5-8,14H,3-4,9-13H2,1-2H3,(H,20,23). The Morgan fingerprint density at radius 1 is 1.21 bits per heavy atom. The van der Waals surface area contributed by atoms with Crippen molar-refractivity contribution < 1.29 is 14.0 Å². The van der Waals surface area contributed by atoms with Crippen LogP contribution in [0.3, 0.4) is 0 Å². The van der Waals surface area contributed by atoms with Crippen LogP contribution in [0.1, 0.15) is 26.7 Å². The average molecular weight is 335 g/mol. The van der Waals surface area contributed by atoms with Gasteiger partial charge in [-0.15, -0.1) is 0 Å². The molecule has 0 aromatic heterocycles. The number of para-hydroxylation sites is 1. The minimum atomic E-state index is -0.436. The molecule has 132 valence electrons. The molecule has 0 bridgehead atoms. The lowest BCUT2D eigenvalue weighted by molar-refractivity contribution is -0.136. The third kappa shape index (κ3) is 4.77. The van der Waals surface area contributed by atoms with Gasteiger partial charge in [-0.2, -0.15) is 0 Å². The quantitative estimate of drug-likeness (QED) is 0.868. The molecule has 2 amide bonds. The summed E-state index contributed by atoms with van der Waals surface area (Å²) in [5.41, 5.74) is 0.203. The molecule has 1 heterocycles. The highest BCUT2D eigenvalue weighted by Crippen LogP contribution is 2.20. The van der Waals surface area contributed by atoms with E-state index < -0.39 is 5.82 Å². The average Bonchev–Trinajstić information content (AvgIpc) is 2.58. The van der Waals surface area contributed by atoms with Crippen molar-refractivity contribution in [3.63, 3.8) is 0 Å². The van der Waals surface area contributed by atoms with Crippen LogP contribution in [0, 0.1) is 11.7 Å². The third-order valence-corrected chi connectivity index (χ3v) is 4.53. The molecule has 1 aromatic rings. The normalized spacial score (nSPS) is 16.0. The van der Waals surface area contributed by atoms with Gasteiger partial charge in [0, 0.05) is 19.0 Å². The summed E-state index contributed by atoms with van der Waals surface area (Å²) in [4.78, 5) is 28.3. The zero-order valence-corrected chi connectivity index (χ0v) is 14.4. The van der Waals surface area contributed by atoms with E-state index in [1.54, 1.807) is 18.2 Å². The van der Waals surface area contributed by atoms with Crippen LogP contribution in [0.15, 0.2) is 24.3 Å². The van der Waals surface area contributed by atoms with E-state index in [-0.39, 0.29) is 30.0 Å². The molecule has 2 rings (SSSR count). The summed E-state index contributed by atoms with van der Waals surface area (Å²) < 4.78 is 13.5. The molecule has 0 unspecified atom stereocenters. The first kappa shape index (κ1) is 18.4. The number of nitrogens with one attached hydrogen (secondary N) is 1. The minimum absolute atomic E-state index is 0.0516. The van der Waals surface area contributed by atoms with E-state index in [2.05, 4.69) is 5.32 Å². The lowest BCUT2D eigenvalue weighted by Gasteiger charge is -2.33. The second kappa shape index (κ2) is 8.78. The maximum atomic E-state index is 13.5. The van der Waals surface area contributed by atoms with Crippen molar-refractivity contribution in [2.24, 2.45) is 5.92 Å². The minimum Gasteiger partial charge on any atom is -0.343 e. The van der Waals surface area contributed by atoms with Crippen molar-refractivity contribution in [2.45, 2.75) is 26.7 Å². The van der Waals surface area contributed by atoms with Crippen LogP contribution in [-0.2, 0) is 9.59 Å². The Morgan fingerprint density at radius 2 is 1.83 bits per heavy atom. The van der Waals surface area contributed by atoms with Gasteiger partial charge in [-0.05, 0) is 51.9 Å². The first-order valence-electron chi connectivity index (χ1n) is 8.60. The van der Waals surface area contributed by atoms with Crippen molar-refractivity contribution >= 4 is 17.5 Å². The smallest absolute Gasteiger partial charge is 0.238 e. The van der Waals surface area contributed by atoms with Gasteiger partial charge in [-0.25, -0.2) is 4.39 Å². The molecule has 6 heteroatoms. The Morgan fingerprint density at radius 3 is 2.42 bits per heavy atom. The summed E-state index contributed by atoms with van der Waals surface area (Å²) in [5.74, 6) is -0.394. The van der Waals surface area contributed by atoms with Gasteiger partial charge >= 0.3 is 0 Å². The van der Waals surface area contributed by atoms with Gasteiger partial charge in [-0.1, -0.05) is 12.1 Å². The fraction of sp³-hybridized carbons (Fsp3) is 0.556. The largest absolute Gasteiger partial charge is 0.343 e. The highest BCUT2D eigenvalue weighted by atomic mass is 19.1. The number of anilines is 1. The van der Waals surface area contributed by atoms with Crippen molar-refractivity contribution in [2.75, 3.05) is 38.0 Å². The SMILES string of the molecule is CCN(CC)C(=O)C1CCN(CC(=O)Nc2ccccc2F)CC1. The number of rotatable bonds is 6. The van der Waals surface area contributed by atoms with Gasteiger partial charge in [0.25, 0.3) is 0 Å². The predicted octanol–water partition coefficient (Wildman–Crippen LogP) is 2.34. The molecule has 5 nitrogen and oxygen atoms in total. The van der Waals surface area contributed by atoms with Crippen LogP contribution < -0.4 is 5.32 Å². The van der Waals surface area contributed by atoms with Gasteiger partial charge in [-0.3, -0.25) is 14.5 Å². The molecule has 1 saturated heterocycles. The number of hydrogen-bond acceptors (Lipinski definition) is 3. The van der Waals surface area contributed by atoms with E-state index in [0.717, 1.165) is 25.9 Å². The second-order valence-electron chi connectivity index (χ2n) is 6.09. The Bertz CT molecular complexity index is 567. The molecule has 1 aromatic carbocycles. The van der Waals surface area contributed by atoms with E-state index in [0.29, 0.717) is 13.1 Å². The summed E-state index contributed by atoms with van der Waals surface area (Å²) in [6, 6.07) is 6.13. The fourth-order valence-electron chi connectivity index (χ4n) is 3.09. The van der Waals surface area contributed by atoms with Gasteiger partial charge in [0.15, 0.2) is 0 Å². The Hall–Kier alpha value is -1.95. The molecule has 1 fully saturated rings. The third-order valence-electron chi connectivity index (χ3n) is 4.53. The highest BCUT2D eigenvalue weighted by Gasteiger charge is 2.28. The van der Waals surface area contributed by atoms with Gasteiger partial charge in [0.2, 0.25) is 11.8 Å². The molecular formula is C18H26FN3O2. The van der Waals surface area contributed by atoms with Crippen molar-refractivity contribution in [3.05, 3.63) is 30.1 Å². The summed E-state index contributed by atoms with van der Waals surface area (Å²) in [5, 5.41) is 2.60. The first-order chi connectivity index (χ1) is 11.5. The number of halogens is 1. The van der Waals surface area contributed by atoms with E-state index in [9.17, 15) is 14.0 Å². The number of nitrogens with zero attached hydrogens (tertiary/aromatic N) is 2. The molecule has 24 heavy (non-hydrogen) atoms. The number of hydrogen-bond donors (Lipinski definition) is 1. The molecule has 1 aliphatic heterocycles. The molecule has 0 spiro atoms. The number of carbonyl (C=O) groups is 2. The van der Waals surface area contributed by atoms with E-state index in [1.807, 2.05) is 23.6 Å². The van der Waals surface area contributed by atoms with Crippen LogP contribution >= 0.6 is 0 Å². The van der Waals surface area contributed by atoms with Crippen LogP contribution in [0.5, 0.6) is 0 Å². The zero-order valence-electron chi connectivity index (χ0n) is 14.4. The monoisotopic (exact) mass is 335 g/mol. The van der Waals surface area contributed by atoms with E-state index in [1.165, 1.54) is 6.07 Å². The van der Waals surface area contributed by atoms with E-state index in [4.69, 9.17) is 0 Å². The molecule has 0 radical (unpaired) electrons. The maximum Gasteiger partial charge on any atom is 0.238 e. The topological polar surface area (TPSA) is 52.7 Å². The highest BCUT2D eigenvalue weighted by molar-refractivity contribution is 5.92. The zero-order chi connectivity index (χ0) is 17.5. The van der Waals surface area contributed by atoms with Crippen LogP contribution in [0.2, 0.25) is 0 Å². The van der Waals surface area contributed by atoms with Crippen LogP contribution in [-0.4, -0.2) is 54.3 Å². The van der Waals surface area contributed by atoms with Crippen molar-refractivity contribution in [1.29, 1.82) is 0 Å². The molecule has 0 saturated carbocycles. The van der Waals surface area contributed by atoms with Crippen molar-refractivity contribution in [1.82, 2.24) is 9.80 Å².